The molecule has 0 N–H and O–H groups in total. The van der Waals surface area contributed by atoms with Gasteiger partial charge in [-0.1, -0.05) is 206 Å². The van der Waals surface area contributed by atoms with Crippen LogP contribution in [0.25, 0.3) is 174 Å². The Labute approximate surface area is 390 Å². The van der Waals surface area contributed by atoms with E-state index in [-0.39, 0.29) is 0 Å². The maximum absolute atomic E-state index is 2.53. The van der Waals surface area contributed by atoms with Gasteiger partial charge in [-0.05, 0) is 186 Å². The molecule has 0 amide bonds. The van der Waals surface area contributed by atoms with E-state index in [4.69, 9.17) is 0 Å². The quantitative estimate of drug-likeness (QED) is 0.123. The van der Waals surface area contributed by atoms with Gasteiger partial charge in [0.15, 0.2) is 0 Å². The van der Waals surface area contributed by atoms with Gasteiger partial charge in [0, 0.05) is 0 Å². The Hall–Kier alpha value is -8.84. The molecule has 1 aliphatic carbocycles. The van der Waals surface area contributed by atoms with Crippen molar-refractivity contribution in [1.82, 2.24) is 0 Å². The summed E-state index contributed by atoms with van der Waals surface area (Å²) in [5, 5.41) is 29.5. The highest BCUT2D eigenvalue weighted by Crippen LogP contribution is 2.58. The van der Waals surface area contributed by atoms with Crippen molar-refractivity contribution in [3.8, 4) is 55.6 Å². The third-order valence-electron chi connectivity index (χ3n) is 16.2. The van der Waals surface area contributed by atoms with Gasteiger partial charge in [0.2, 0.25) is 0 Å². The van der Waals surface area contributed by atoms with Crippen molar-refractivity contribution >= 4 is 118 Å². The van der Waals surface area contributed by atoms with E-state index in [0.717, 1.165) is 0 Å². The maximum Gasteiger partial charge on any atom is -0.000696 e. The number of fused-ring (bicyclic) bond motifs is 14. The van der Waals surface area contributed by atoms with Crippen molar-refractivity contribution in [2.24, 2.45) is 0 Å². The second-order valence-corrected chi connectivity index (χ2v) is 19.3. The summed E-state index contributed by atoms with van der Waals surface area (Å²) >= 11 is 0. The molecule has 17 rings (SSSR count). The molecular weight excluding hydrogens is 817 g/mol. The van der Waals surface area contributed by atoms with Crippen LogP contribution < -0.4 is 0 Å². The van der Waals surface area contributed by atoms with Crippen LogP contribution in [0.4, 0.5) is 0 Å². The molecule has 68 heavy (non-hydrogen) atoms. The van der Waals surface area contributed by atoms with E-state index in [2.05, 4.69) is 218 Å². The van der Waals surface area contributed by atoms with Gasteiger partial charge in [-0.3, -0.25) is 0 Å². The molecule has 0 radical (unpaired) electrons. The number of benzene rings is 14. The average Bonchev–Trinajstić information content (AvgIpc) is 4.04. The third-order valence-corrected chi connectivity index (χ3v) is 16.2. The summed E-state index contributed by atoms with van der Waals surface area (Å²) in [4.78, 5) is 0. The molecule has 308 valence electrons. The minimum Gasteiger partial charge on any atom is -0.0622 e. The molecule has 0 aliphatic heterocycles. The highest BCUT2D eigenvalue weighted by molar-refractivity contribution is 6.51. The standard InChI is InChI=1S/C68H36/c1-4-15-37(16-5-1)58-43-23-12-13-24-44(43)59(38-17-6-2-7-18-38)57-36-55-50-30-28-46-48-32-34-53-65-52(33-31-47(62(48)65)45-27-29-49(63(50)61(45)46)54(55)35-56(57)58)67-60(39-19-8-3-9-20-39)51-26-14-25-41-40-21-10-11-22-42(40)66(64(41)51)68(53)67/h1-36H. The van der Waals surface area contributed by atoms with Gasteiger partial charge in [0.25, 0.3) is 0 Å². The monoisotopic (exact) mass is 852 g/mol. The van der Waals surface area contributed by atoms with Crippen LogP contribution in [0.3, 0.4) is 0 Å². The highest BCUT2D eigenvalue weighted by atomic mass is 14.3. The molecule has 0 saturated carbocycles. The Balaban J connectivity index is 1.00. The normalized spacial score (nSPS) is 12.7. The second-order valence-electron chi connectivity index (χ2n) is 19.3. The molecule has 1 aliphatic rings. The molecule has 16 aromatic carbocycles. The van der Waals surface area contributed by atoms with Gasteiger partial charge >= 0.3 is 0 Å². The van der Waals surface area contributed by atoms with Crippen LogP contribution in [0.15, 0.2) is 218 Å². The van der Waals surface area contributed by atoms with E-state index in [1.807, 2.05) is 0 Å². The van der Waals surface area contributed by atoms with Crippen molar-refractivity contribution in [3.63, 3.8) is 0 Å². The lowest BCUT2D eigenvalue weighted by Gasteiger charge is -2.19. The molecule has 0 aromatic heterocycles. The summed E-state index contributed by atoms with van der Waals surface area (Å²) in [5.74, 6) is 0. The molecular formula is C68H36. The Morgan fingerprint density at radius 3 is 1.04 bits per heavy atom. The smallest absolute Gasteiger partial charge is 0.000696 e. The zero-order chi connectivity index (χ0) is 43.9. The van der Waals surface area contributed by atoms with E-state index in [1.165, 1.54) is 174 Å². The van der Waals surface area contributed by atoms with Gasteiger partial charge in [-0.15, -0.1) is 0 Å². The minimum atomic E-state index is 1.24. The van der Waals surface area contributed by atoms with Crippen LogP contribution in [0.2, 0.25) is 0 Å². The van der Waals surface area contributed by atoms with Crippen molar-refractivity contribution in [2.75, 3.05) is 0 Å². The van der Waals surface area contributed by atoms with Crippen LogP contribution in [0.5, 0.6) is 0 Å². The third kappa shape index (κ3) is 4.20. The van der Waals surface area contributed by atoms with E-state index >= 15 is 0 Å². The largest absolute Gasteiger partial charge is 0.0622 e. The van der Waals surface area contributed by atoms with Crippen molar-refractivity contribution < 1.29 is 0 Å². The van der Waals surface area contributed by atoms with Gasteiger partial charge in [-0.2, -0.15) is 0 Å². The predicted molar refractivity (Wildman–Crippen MR) is 293 cm³/mol. The Morgan fingerprint density at radius 2 is 0.485 bits per heavy atom. The van der Waals surface area contributed by atoms with Gasteiger partial charge in [-0.25, -0.2) is 0 Å². The molecule has 0 atom stereocenters. The van der Waals surface area contributed by atoms with Crippen LogP contribution in [0, 0.1) is 0 Å². The molecule has 0 heterocycles. The molecule has 0 unspecified atom stereocenters. The summed E-state index contributed by atoms with van der Waals surface area (Å²) in [5.41, 5.74) is 13.0. The zero-order valence-electron chi connectivity index (χ0n) is 36.8. The van der Waals surface area contributed by atoms with Crippen LogP contribution in [-0.2, 0) is 0 Å². The van der Waals surface area contributed by atoms with E-state index in [1.54, 1.807) is 0 Å². The summed E-state index contributed by atoms with van der Waals surface area (Å²) in [6, 6.07) is 82.9. The van der Waals surface area contributed by atoms with Gasteiger partial charge in [0.05, 0.1) is 0 Å². The fourth-order valence-electron chi connectivity index (χ4n) is 13.7. The minimum absolute atomic E-state index is 1.24. The molecule has 0 spiro atoms. The van der Waals surface area contributed by atoms with Crippen LogP contribution in [0.1, 0.15) is 0 Å². The zero-order valence-corrected chi connectivity index (χ0v) is 36.8. The molecule has 0 saturated heterocycles. The first kappa shape index (κ1) is 35.4. The van der Waals surface area contributed by atoms with E-state index < -0.39 is 0 Å². The Kier molecular flexibility index (Phi) is 6.53. The highest BCUT2D eigenvalue weighted by Gasteiger charge is 2.30. The molecule has 0 heteroatoms. The van der Waals surface area contributed by atoms with Crippen molar-refractivity contribution in [3.05, 3.63) is 218 Å². The Bertz CT molecular complexity index is 4690. The Morgan fingerprint density at radius 1 is 0.147 bits per heavy atom. The number of hydrogen-bond donors (Lipinski definition) is 0. The number of hydrogen-bond acceptors (Lipinski definition) is 0. The SMILES string of the molecule is c1ccc(-c2c3ccccc3c(-c3ccccc3)c3cc4c(cc23)-c2ccc3c5ccc6c7c(-c8ccccc8)c8cccc9c%10ccccc%10c(c89)c7c7ccc(c8ccc-4c2c38)c5c67)cc1. The molecule has 0 bridgehead atoms. The first-order valence-corrected chi connectivity index (χ1v) is 23.9. The fraction of sp³-hybridized carbons (Fsp3) is 0. The maximum atomic E-state index is 2.53. The summed E-state index contributed by atoms with van der Waals surface area (Å²) in [7, 11) is 0. The van der Waals surface area contributed by atoms with Gasteiger partial charge in [0.1, 0.15) is 0 Å². The van der Waals surface area contributed by atoms with Crippen LogP contribution >= 0.6 is 0 Å². The van der Waals surface area contributed by atoms with E-state index in [9.17, 15) is 0 Å². The lowest BCUT2D eigenvalue weighted by molar-refractivity contribution is 1.65. The van der Waals surface area contributed by atoms with Crippen LogP contribution in [-0.4, -0.2) is 0 Å². The van der Waals surface area contributed by atoms with Crippen molar-refractivity contribution in [2.45, 2.75) is 0 Å². The summed E-state index contributed by atoms with van der Waals surface area (Å²) < 4.78 is 0. The fourth-order valence-corrected chi connectivity index (χ4v) is 13.7. The first-order chi connectivity index (χ1) is 33.8. The molecule has 0 fully saturated rings. The topological polar surface area (TPSA) is 0 Å². The molecule has 16 aromatic rings. The average molecular weight is 853 g/mol. The predicted octanol–water partition coefficient (Wildman–Crippen LogP) is 19.3. The lowest BCUT2D eigenvalue weighted by Crippen LogP contribution is -1.92. The molecule has 0 nitrogen and oxygen atoms in total. The van der Waals surface area contributed by atoms with Gasteiger partial charge < -0.3 is 0 Å². The second kappa shape index (κ2) is 12.5. The summed E-state index contributed by atoms with van der Waals surface area (Å²) in [6.07, 6.45) is 0. The summed E-state index contributed by atoms with van der Waals surface area (Å²) in [6.45, 7) is 0. The van der Waals surface area contributed by atoms with E-state index in [0.29, 0.717) is 0 Å². The van der Waals surface area contributed by atoms with Crippen molar-refractivity contribution in [1.29, 1.82) is 0 Å². The lowest BCUT2D eigenvalue weighted by atomic mass is 9.84. The number of rotatable bonds is 3. The first-order valence-electron chi connectivity index (χ1n) is 23.9.